The van der Waals surface area contributed by atoms with Gasteiger partial charge in [0.15, 0.2) is 0 Å². The van der Waals surface area contributed by atoms with Gasteiger partial charge in [-0.2, -0.15) is 0 Å². The van der Waals surface area contributed by atoms with Gasteiger partial charge in [0.05, 0.1) is 30.2 Å². The summed E-state index contributed by atoms with van der Waals surface area (Å²) in [7, 11) is 1.64. The number of carbonyl (C=O) groups excluding carboxylic acids is 1. The Labute approximate surface area is 192 Å². The third kappa shape index (κ3) is 5.21. The summed E-state index contributed by atoms with van der Waals surface area (Å²) in [5, 5.41) is 6.74. The van der Waals surface area contributed by atoms with Crippen molar-refractivity contribution in [2.75, 3.05) is 7.11 Å². The van der Waals surface area contributed by atoms with Crippen molar-refractivity contribution in [3.8, 4) is 5.75 Å². The number of halogens is 1. The second kappa shape index (κ2) is 9.75. The maximum atomic E-state index is 12.9. The molecule has 7 heteroatoms. The van der Waals surface area contributed by atoms with Gasteiger partial charge in [0.1, 0.15) is 11.6 Å². The van der Waals surface area contributed by atoms with Gasteiger partial charge >= 0.3 is 6.03 Å². The summed E-state index contributed by atoms with van der Waals surface area (Å²) in [6.07, 6.45) is 0.576. The van der Waals surface area contributed by atoms with Gasteiger partial charge in [-0.3, -0.25) is 0 Å². The summed E-state index contributed by atoms with van der Waals surface area (Å²) < 4.78 is 5.25. The first-order chi connectivity index (χ1) is 15.5. The first-order valence-corrected chi connectivity index (χ1v) is 10.8. The number of aromatic nitrogens is 2. The van der Waals surface area contributed by atoms with Crippen molar-refractivity contribution in [1.29, 1.82) is 0 Å². The molecular formula is C25H25ClN4O2. The van der Waals surface area contributed by atoms with Crippen LogP contribution >= 0.6 is 11.6 Å². The number of rotatable bonds is 7. The van der Waals surface area contributed by atoms with E-state index in [0.717, 1.165) is 27.9 Å². The monoisotopic (exact) mass is 448 g/mol. The summed E-state index contributed by atoms with van der Waals surface area (Å²) >= 11 is 5.97. The molecule has 32 heavy (non-hydrogen) atoms. The van der Waals surface area contributed by atoms with Gasteiger partial charge in [0, 0.05) is 5.02 Å². The predicted octanol–water partition coefficient (Wildman–Crippen LogP) is 5.57. The van der Waals surface area contributed by atoms with Crippen LogP contribution in [0.25, 0.3) is 11.0 Å². The summed E-state index contributed by atoms with van der Waals surface area (Å²) in [5.74, 6) is 1.49. The van der Waals surface area contributed by atoms with Crippen LogP contribution in [0.1, 0.15) is 36.0 Å². The van der Waals surface area contributed by atoms with Gasteiger partial charge in [0.25, 0.3) is 0 Å². The fourth-order valence-corrected chi connectivity index (χ4v) is 3.71. The first kappa shape index (κ1) is 21.7. The van der Waals surface area contributed by atoms with Crippen molar-refractivity contribution in [2.45, 2.75) is 25.4 Å². The minimum atomic E-state index is -0.340. The number of amides is 2. The quantitative estimate of drug-likeness (QED) is 0.346. The lowest BCUT2D eigenvalue weighted by atomic mass is 10.1. The van der Waals surface area contributed by atoms with Crippen LogP contribution < -0.4 is 15.4 Å². The summed E-state index contributed by atoms with van der Waals surface area (Å²) in [4.78, 5) is 20.9. The number of nitrogens with one attached hydrogen (secondary N) is 3. The second-order valence-corrected chi connectivity index (χ2v) is 8.07. The first-order valence-electron chi connectivity index (χ1n) is 10.4. The molecule has 0 fully saturated rings. The van der Waals surface area contributed by atoms with Crippen LogP contribution in [-0.2, 0) is 6.42 Å². The number of aromatic amines is 1. The molecule has 164 valence electrons. The van der Waals surface area contributed by atoms with Crippen molar-refractivity contribution in [2.24, 2.45) is 0 Å². The molecule has 0 saturated carbocycles. The average molecular weight is 449 g/mol. The highest BCUT2D eigenvalue weighted by Crippen LogP contribution is 2.22. The number of nitrogens with zero attached hydrogens (tertiary/aromatic N) is 1. The molecule has 4 aromatic rings. The Bertz CT molecular complexity index is 1160. The molecule has 2 atom stereocenters. The summed E-state index contributed by atoms with van der Waals surface area (Å²) in [5.41, 5.74) is 3.82. The minimum Gasteiger partial charge on any atom is -0.497 e. The summed E-state index contributed by atoms with van der Waals surface area (Å²) in [6, 6.07) is 22.3. The molecule has 2 amide bonds. The lowest BCUT2D eigenvalue weighted by molar-refractivity contribution is 0.233. The number of para-hydroxylation sites is 2. The van der Waals surface area contributed by atoms with Gasteiger partial charge in [-0.15, -0.1) is 0 Å². The molecule has 1 aromatic heterocycles. The predicted molar refractivity (Wildman–Crippen MR) is 127 cm³/mol. The highest BCUT2D eigenvalue weighted by atomic mass is 35.5. The van der Waals surface area contributed by atoms with Crippen LogP contribution in [0.15, 0.2) is 72.8 Å². The molecule has 3 aromatic carbocycles. The topological polar surface area (TPSA) is 79.0 Å². The number of H-pyrrole nitrogens is 1. The van der Waals surface area contributed by atoms with Gasteiger partial charge in [-0.05, 0) is 60.9 Å². The van der Waals surface area contributed by atoms with E-state index in [2.05, 4.69) is 15.6 Å². The van der Waals surface area contributed by atoms with Gasteiger partial charge < -0.3 is 20.4 Å². The average Bonchev–Trinajstić information content (AvgIpc) is 3.24. The van der Waals surface area contributed by atoms with E-state index in [9.17, 15) is 4.79 Å². The number of urea groups is 1. The molecule has 4 rings (SSSR count). The molecule has 0 aliphatic carbocycles. The third-order valence-electron chi connectivity index (χ3n) is 5.36. The molecule has 6 nitrogen and oxygen atoms in total. The van der Waals surface area contributed by atoms with Crippen LogP contribution in [-0.4, -0.2) is 23.1 Å². The second-order valence-electron chi connectivity index (χ2n) is 7.64. The highest BCUT2D eigenvalue weighted by Gasteiger charge is 2.20. The number of hydrogen-bond donors (Lipinski definition) is 3. The Morgan fingerprint density at radius 3 is 2.44 bits per heavy atom. The molecule has 0 aliphatic rings. The number of hydrogen-bond acceptors (Lipinski definition) is 3. The molecule has 0 spiro atoms. The Kier molecular flexibility index (Phi) is 6.61. The van der Waals surface area contributed by atoms with Gasteiger partial charge in [-0.25, -0.2) is 9.78 Å². The Hall–Kier alpha value is -3.51. The van der Waals surface area contributed by atoms with Crippen LogP contribution in [0.4, 0.5) is 4.79 Å². The molecule has 0 unspecified atom stereocenters. The zero-order chi connectivity index (χ0) is 22.5. The molecule has 0 bridgehead atoms. The smallest absolute Gasteiger partial charge is 0.315 e. The van der Waals surface area contributed by atoms with Crippen molar-refractivity contribution in [3.63, 3.8) is 0 Å². The fraction of sp³-hybridized carbons (Fsp3) is 0.200. The minimum absolute atomic E-state index is 0.176. The fourth-order valence-electron chi connectivity index (χ4n) is 3.58. The zero-order valence-corrected chi connectivity index (χ0v) is 18.7. The van der Waals surface area contributed by atoms with E-state index >= 15 is 0 Å². The Morgan fingerprint density at radius 1 is 1.03 bits per heavy atom. The third-order valence-corrected chi connectivity index (χ3v) is 5.61. The van der Waals surface area contributed by atoms with E-state index in [1.807, 2.05) is 79.7 Å². The van der Waals surface area contributed by atoms with Crippen molar-refractivity contribution in [3.05, 3.63) is 94.8 Å². The zero-order valence-electron chi connectivity index (χ0n) is 17.9. The lowest BCUT2D eigenvalue weighted by Crippen LogP contribution is -2.40. The maximum absolute atomic E-state index is 12.9. The van der Waals surface area contributed by atoms with E-state index in [4.69, 9.17) is 21.3 Å². The Morgan fingerprint density at radius 2 is 1.75 bits per heavy atom. The van der Waals surface area contributed by atoms with E-state index in [0.29, 0.717) is 17.3 Å². The van der Waals surface area contributed by atoms with E-state index in [1.54, 1.807) is 7.11 Å². The molecule has 0 radical (unpaired) electrons. The van der Waals surface area contributed by atoms with Gasteiger partial charge in [0.2, 0.25) is 0 Å². The standard InChI is InChI=1S/C25H25ClN4O2/c1-16(18-9-11-19(26)12-10-18)27-25(31)30-23(15-17-7-13-20(32-2)14-8-17)24-28-21-5-3-4-6-22(21)29-24/h3-14,16,23H,15H2,1-2H3,(H,28,29)(H2,27,30,31)/t16-,23-/m1/s1. The number of carbonyl (C=O) groups is 1. The molecule has 3 N–H and O–H groups in total. The van der Waals surface area contributed by atoms with E-state index < -0.39 is 0 Å². The van der Waals surface area contributed by atoms with Gasteiger partial charge in [-0.1, -0.05) is 48.0 Å². The van der Waals surface area contributed by atoms with Crippen molar-refractivity contribution < 1.29 is 9.53 Å². The highest BCUT2D eigenvalue weighted by molar-refractivity contribution is 6.30. The SMILES string of the molecule is COc1ccc(C[C@@H](NC(=O)N[C@H](C)c2ccc(Cl)cc2)c2nc3ccccc3[nH]2)cc1. The molecule has 1 heterocycles. The van der Waals surface area contributed by atoms with Crippen LogP contribution in [0.2, 0.25) is 5.02 Å². The largest absolute Gasteiger partial charge is 0.497 e. The number of fused-ring (bicyclic) bond motifs is 1. The van der Waals surface area contributed by atoms with Crippen molar-refractivity contribution in [1.82, 2.24) is 20.6 Å². The number of benzene rings is 3. The molecular weight excluding hydrogens is 424 g/mol. The Balaban J connectivity index is 1.53. The molecule has 0 aliphatic heterocycles. The lowest BCUT2D eigenvalue weighted by Gasteiger charge is -2.20. The number of methoxy groups -OCH3 is 1. The van der Waals surface area contributed by atoms with Crippen molar-refractivity contribution >= 4 is 28.7 Å². The maximum Gasteiger partial charge on any atom is 0.315 e. The number of imidazole rings is 1. The van der Waals surface area contributed by atoms with E-state index in [1.165, 1.54) is 0 Å². The van der Waals surface area contributed by atoms with Crippen LogP contribution in [0.5, 0.6) is 5.75 Å². The molecule has 0 saturated heterocycles. The summed E-state index contributed by atoms with van der Waals surface area (Å²) in [6.45, 7) is 1.93. The normalized spacial score (nSPS) is 12.8. The number of ether oxygens (including phenoxy) is 1. The van der Waals surface area contributed by atoms with Crippen LogP contribution in [0, 0.1) is 0 Å². The van der Waals surface area contributed by atoms with Crippen LogP contribution in [0.3, 0.4) is 0 Å². The van der Waals surface area contributed by atoms with E-state index in [-0.39, 0.29) is 18.1 Å².